The van der Waals surface area contributed by atoms with Gasteiger partial charge in [-0.1, -0.05) is 23.8 Å². The summed E-state index contributed by atoms with van der Waals surface area (Å²) in [5.74, 6) is 0.157. The Balaban J connectivity index is 1.68. The number of amides is 1. The predicted molar refractivity (Wildman–Crippen MR) is 96.1 cm³/mol. The van der Waals surface area contributed by atoms with Crippen LogP contribution >= 0.6 is 0 Å². The van der Waals surface area contributed by atoms with E-state index < -0.39 is 0 Å². The van der Waals surface area contributed by atoms with E-state index in [0.29, 0.717) is 26.0 Å². The van der Waals surface area contributed by atoms with E-state index in [1.54, 1.807) is 6.20 Å². The molecule has 2 atom stereocenters. The number of rotatable bonds is 4. The van der Waals surface area contributed by atoms with Crippen molar-refractivity contribution in [3.05, 3.63) is 59.2 Å². The Hall–Kier alpha value is -2.27. The maximum Gasteiger partial charge on any atom is 0.223 e. The lowest BCUT2D eigenvalue weighted by atomic mass is 9.98. The summed E-state index contributed by atoms with van der Waals surface area (Å²) in [7, 11) is 0. The highest BCUT2D eigenvalue weighted by molar-refractivity contribution is 5.77. The van der Waals surface area contributed by atoms with E-state index in [1.807, 2.05) is 17.9 Å². The van der Waals surface area contributed by atoms with Crippen molar-refractivity contribution in [2.24, 2.45) is 0 Å². The monoisotopic (exact) mass is 339 g/mol. The average molecular weight is 339 g/mol. The SMILES string of the molecule is Cc1ccc(C)c([C@@H]2CN(C(=O)CCc3ccncn3)[C@@H](C)CO2)c1. The lowest BCUT2D eigenvalue weighted by Crippen LogP contribution is -2.48. The summed E-state index contributed by atoms with van der Waals surface area (Å²) in [4.78, 5) is 22.8. The van der Waals surface area contributed by atoms with Crippen molar-refractivity contribution in [1.29, 1.82) is 0 Å². The second kappa shape index (κ2) is 7.74. The zero-order valence-corrected chi connectivity index (χ0v) is 15.1. The molecular weight excluding hydrogens is 314 g/mol. The van der Waals surface area contributed by atoms with Gasteiger partial charge in [0.1, 0.15) is 12.4 Å². The minimum atomic E-state index is -0.0564. The first-order chi connectivity index (χ1) is 12.0. The zero-order valence-electron chi connectivity index (χ0n) is 15.1. The Labute approximate surface area is 149 Å². The van der Waals surface area contributed by atoms with Crippen LogP contribution in [0.25, 0.3) is 0 Å². The normalized spacial score (nSPS) is 20.5. The average Bonchev–Trinajstić information content (AvgIpc) is 2.63. The van der Waals surface area contributed by atoms with Crippen molar-refractivity contribution in [3.63, 3.8) is 0 Å². The third-order valence-corrected chi connectivity index (χ3v) is 4.77. The highest BCUT2D eigenvalue weighted by atomic mass is 16.5. The van der Waals surface area contributed by atoms with Gasteiger partial charge in [0, 0.05) is 18.3 Å². The molecule has 0 bridgehead atoms. The molecule has 1 aliphatic heterocycles. The molecule has 1 amide bonds. The molecule has 5 heteroatoms. The number of aromatic nitrogens is 2. The summed E-state index contributed by atoms with van der Waals surface area (Å²) >= 11 is 0. The molecule has 0 aliphatic carbocycles. The van der Waals surface area contributed by atoms with Gasteiger partial charge in [0.15, 0.2) is 0 Å². The first kappa shape index (κ1) is 17.5. The summed E-state index contributed by atoms with van der Waals surface area (Å²) in [5.41, 5.74) is 4.50. The highest BCUT2D eigenvalue weighted by Crippen LogP contribution is 2.28. The van der Waals surface area contributed by atoms with Gasteiger partial charge in [0.25, 0.3) is 0 Å². The predicted octanol–water partition coefficient (Wildman–Crippen LogP) is 3.01. The molecule has 0 N–H and O–H groups in total. The Bertz CT molecular complexity index is 733. The molecular formula is C20H25N3O2. The van der Waals surface area contributed by atoms with E-state index >= 15 is 0 Å². The molecule has 0 unspecified atom stereocenters. The minimum Gasteiger partial charge on any atom is -0.370 e. The van der Waals surface area contributed by atoms with Crippen molar-refractivity contribution >= 4 is 5.91 Å². The van der Waals surface area contributed by atoms with Gasteiger partial charge < -0.3 is 9.64 Å². The Morgan fingerprint density at radius 2 is 2.16 bits per heavy atom. The molecule has 0 saturated carbocycles. The van der Waals surface area contributed by atoms with Crippen LogP contribution in [0.3, 0.4) is 0 Å². The van der Waals surface area contributed by atoms with Crippen molar-refractivity contribution in [2.75, 3.05) is 13.2 Å². The second-order valence-corrected chi connectivity index (χ2v) is 6.78. The van der Waals surface area contributed by atoms with E-state index in [0.717, 1.165) is 5.69 Å². The van der Waals surface area contributed by atoms with Crippen LogP contribution < -0.4 is 0 Å². The second-order valence-electron chi connectivity index (χ2n) is 6.78. The molecule has 1 aliphatic rings. The third-order valence-electron chi connectivity index (χ3n) is 4.77. The van der Waals surface area contributed by atoms with Gasteiger partial charge in [-0.05, 0) is 44.4 Å². The van der Waals surface area contributed by atoms with Crippen molar-refractivity contribution in [2.45, 2.75) is 45.8 Å². The van der Waals surface area contributed by atoms with Crippen LogP contribution in [0.1, 0.15) is 41.8 Å². The van der Waals surface area contributed by atoms with Crippen LogP contribution in [0.2, 0.25) is 0 Å². The lowest BCUT2D eigenvalue weighted by molar-refractivity contribution is -0.144. The first-order valence-corrected chi connectivity index (χ1v) is 8.77. The van der Waals surface area contributed by atoms with Crippen LogP contribution in [-0.4, -0.2) is 40.0 Å². The van der Waals surface area contributed by atoms with Gasteiger partial charge in [0.05, 0.1) is 19.2 Å². The molecule has 1 fully saturated rings. The van der Waals surface area contributed by atoms with Crippen LogP contribution in [0, 0.1) is 13.8 Å². The number of ether oxygens (including phenoxy) is 1. The van der Waals surface area contributed by atoms with E-state index in [4.69, 9.17) is 4.74 Å². The van der Waals surface area contributed by atoms with Crippen molar-refractivity contribution < 1.29 is 9.53 Å². The molecule has 1 aromatic heterocycles. The molecule has 0 spiro atoms. The highest BCUT2D eigenvalue weighted by Gasteiger charge is 2.30. The topological polar surface area (TPSA) is 55.3 Å². The number of hydrogen-bond donors (Lipinski definition) is 0. The third kappa shape index (κ3) is 4.23. The van der Waals surface area contributed by atoms with Gasteiger partial charge in [-0.2, -0.15) is 0 Å². The summed E-state index contributed by atoms with van der Waals surface area (Å²) in [6, 6.07) is 8.34. The van der Waals surface area contributed by atoms with Crippen LogP contribution in [0.5, 0.6) is 0 Å². The Morgan fingerprint density at radius 1 is 1.32 bits per heavy atom. The van der Waals surface area contributed by atoms with E-state index in [-0.39, 0.29) is 18.1 Å². The van der Waals surface area contributed by atoms with Crippen molar-refractivity contribution in [1.82, 2.24) is 14.9 Å². The van der Waals surface area contributed by atoms with Gasteiger partial charge in [0.2, 0.25) is 5.91 Å². The molecule has 2 aromatic rings. The number of hydrogen-bond acceptors (Lipinski definition) is 4. The molecule has 2 heterocycles. The zero-order chi connectivity index (χ0) is 17.8. The number of morpholine rings is 1. The molecule has 1 saturated heterocycles. The summed E-state index contributed by atoms with van der Waals surface area (Å²) in [6.07, 6.45) is 4.27. The van der Waals surface area contributed by atoms with Gasteiger partial charge in [-0.3, -0.25) is 4.79 Å². The number of carbonyl (C=O) groups excluding carboxylic acids is 1. The maximum atomic E-state index is 12.7. The van der Waals surface area contributed by atoms with Gasteiger partial charge >= 0.3 is 0 Å². The number of carbonyl (C=O) groups is 1. The number of aryl methyl sites for hydroxylation is 3. The minimum absolute atomic E-state index is 0.0564. The lowest BCUT2D eigenvalue weighted by Gasteiger charge is -2.39. The molecule has 5 nitrogen and oxygen atoms in total. The quantitative estimate of drug-likeness (QED) is 0.859. The molecule has 1 aromatic carbocycles. The smallest absolute Gasteiger partial charge is 0.223 e. The fourth-order valence-corrected chi connectivity index (χ4v) is 3.24. The summed E-state index contributed by atoms with van der Waals surface area (Å²) < 4.78 is 6.04. The fraction of sp³-hybridized carbons (Fsp3) is 0.450. The van der Waals surface area contributed by atoms with Crippen LogP contribution in [-0.2, 0) is 16.0 Å². The van der Waals surface area contributed by atoms with E-state index in [9.17, 15) is 4.79 Å². The summed E-state index contributed by atoms with van der Waals surface area (Å²) in [5, 5.41) is 0. The molecule has 3 rings (SSSR count). The van der Waals surface area contributed by atoms with Crippen LogP contribution in [0.4, 0.5) is 0 Å². The largest absolute Gasteiger partial charge is 0.370 e. The number of nitrogens with zero attached hydrogens (tertiary/aromatic N) is 3. The van der Waals surface area contributed by atoms with Crippen LogP contribution in [0.15, 0.2) is 36.8 Å². The maximum absolute atomic E-state index is 12.7. The fourth-order valence-electron chi connectivity index (χ4n) is 3.24. The standard InChI is InChI=1S/C20H25N3O2/c1-14-4-5-15(2)18(10-14)19-11-23(16(3)12-25-19)20(24)7-6-17-8-9-21-13-22-17/h4-5,8-10,13,16,19H,6-7,11-12H2,1-3H3/t16-,19-/m0/s1. The van der Waals surface area contributed by atoms with Gasteiger partial charge in [-0.25, -0.2) is 9.97 Å². The van der Waals surface area contributed by atoms with Gasteiger partial charge in [-0.15, -0.1) is 0 Å². The molecule has 132 valence electrons. The first-order valence-electron chi connectivity index (χ1n) is 8.77. The summed E-state index contributed by atoms with van der Waals surface area (Å²) in [6.45, 7) is 7.39. The van der Waals surface area contributed by atoms with Crippen molar-refractivity contribution in [3.8, 4) is 0 Å². The number of benzene rings is 1. The Kier molecular flexibility index (Phi) is 5.43. The Morgan fingerprint density at radius 3 is 2.92 bits per heavy atom. The molecule has 0 radical (unpaired) electrons. The van der Waals surface area contributed by atoms with E-state index in [2.05, 4.69) is 42.0 Å². The molecule has 25 heavy (non-hydrogen) atoms. The van der Waals surface area contributed by atoms with E-state index in [1.165, 1.54) is 23.0 Å².